The molecule has 154 valence electrons. The van der Waals surface area contributed by atoms with Crippen molar-refractivity contribution in [2.45, 2.75) is 33.9 Å². The van der Waals surface area contributed by atoms with Crippen LogP contribution in [0.2, 0.25) is 0 Å². The molecule has 3 aromatic rings. The number of rotatable bonds is 5. The number of hydrogen-bond acceptors (Lipinski definition) is 3. The molecule has 1 amide bonds. The van der Waals surface area contributed by atoms with E-state index in [4.69, 9.17) is 4.74 Å². The molecule has 0 fully saturated rings. The van der Waals surface area contributed by atoms with Gasteiger partial charge in [0.1, 0.15) is 11.9 Å². The lowest BCUT2D eigenvalue weighted by molar-refractivity contribution is 0.0975. The van der Waals surface area contributed by atoms with E-state index < -0.39 is 0 Å². The number of fused-ring (bicyclic) bond motifs is 1. The summed E-state index contributed by atoms with van der Waals surface area (Å²) in [6.45, 7) is 9.10. The molecule has 0 bridgehead atoms. The predicted molar refractivity (Wildman–Crippen MR) is 122 cm³/mol. The fourth-order valence-corrected chi connectivity index (χ4v) is 3.64. The minimum atomic E-state index is -0.298. The first kappa shape index (κ1) is 20.0. The van der Waals surface area contributed by atoms with E-state index >= 15 is 0 Å². The lowest BCUT2D eigenvalue weighted by atomic mass is 10.0. The molecular formula is C26H28N2O2. The van der Waals surface area contributed by atoms with E-state index in [0.717, 1.165) is 28.3 Å². The maximum Gasteiger partial charge on any atom is 0.262 e. The summed E-state index contributed by atoms with van der Waals surface area (Å²) in [5, 5.41) is 3.56. The molecule has 4 nitrogen and oxygen atoms in total. The Labute approximate surface area is 178 Å². The van der Waals surface area contributed by atoms with Crippen LogP contribution in [-0.4, -0.2) is 12.5 Å². The highest BCUT2D eigenvalue weighted by Gasteiger charge is 2.34. The van der Waals surface area contributed by atoms with Crippen LogP contribution in [0.25, 0.3) is 0 Å². The molecule has 0 aromatic heterocycles. The van der Waals surface area contributed by atoms with Crippen LogP contribution in [0.4, 0.5) is 11.4 Å². The van der Waals surface area contributed by atoms with Crippen LogP contribution in [0.1, 0.15) is 47.1 Å². The molecule has 0 spiro atoms. The molecule has 3 aromatic carbocycles. The molecule has 1 heterocycles. The Balaban J connectivity index is 1.73. The van der Waals surface area contributed by atoms with E-state index in [1.165, 1.54) is 5.56 Å². The van der Waals surface area contributed by atoms with Gasteiger partial charge in [0.25, 0.3) is 5.91 Å². The zero-order valence-corrected chi connectivity index (χ0v) is 18.0. The van der Waals surface area contributed by atoms with Gasteiger partial charge in [-0.15, -0.1) is 0 Å². The van der Waals surface area contributed by atoms with E-state index in [-0.39, 0.29) is 12.1 Å². The molecule has 4 heteroatoms. The SMILES string of the molecule is Cc1ccc(N2C(=O)c3ccccc3NC2c2ccc(OCC(C)C)cc2)cc1C. The third-order valence-electron chi connectivity index (χ3n) is 5.47. The Morgan fingerprint density at radius 1 is 0.967 bits per heavy atom. The largest absolute Gasteiger partial charge is 0.493 e. The van der Waals surface area contributed by atoms with E-state index in [9.17, 15) is 4.79 Å². The average molecular weight is 401 g/mol. The summed E-state index contributed by atoms with van der Waals surface area (Å²) in [4.78, 5) is 15.3. The number of hydrogen-bond donors (Lipinski definition) is 1. The number of amides is 1. The van der Waals surface area contributed by atoms with Crippen LogP contribution >= 0.6 is 0 Å². The molecular weight excluding hydrogens is 372 g/mol. The van der Waals surface area contributed by atoms with Crippen molar-refractivity contribution < 1.29 is 9.53 Å². The lowest BCUT2D eigenvalue weighted by Gasteiger charge is -2.38. The lowest BCUT2D eigenvalue weighted by Crippen LogP contribution is -2.43. The third kappa shape index (κ3) is 3.90. The summed E-state index contributed by atoms with van der Waals surface area (Å²) in [7, 11) is 0. The third-order valence-corrected chi connectivity index (χ3v) is 5.47. The molecule has 1 N–H and O–H groups in total. The fraction of sp³-hybridized carbons (Fsp3) is 0.269. The van der Waals surface area contributed by atoms with Gasteiger partial charge in [-0.3, -0.25) is 9.69 Å². The number of carbonyl (C=O) groups is 1. The quantitative estimate of drug-likeness (QED) is 0.562. The van der Waals surface area contributed by atoms with Gasteiger partial charge in [0.2, 0.25) is 0 Å². The van der Waals surface area contributed by atoms with Gasteiger partial charge in [-0.25, -0.2) is 0 Å². The Hall–Kier alpha value is -3.27. The molecule has 1 aliphatic rings. The minimum absolute atomic E-state index is 0.00210. The van der Waals surface area contributed by atoms with Gasteiger partial charge in [0.05, 0.1) is 12.2 Å². The molecule has 0 aliphatic carbocycles. The first-order chi connectivity index (χ1) is 14.4. The molecule has 4 rings (SSSR count). The van der Waals surface area contributed by atoms with Crippen LogP contribution in [0, 0.1) is 19.8 Å². The second-order valence-electron chi connectivity index (χ2n) is 8.31. The summed E-state index contributed by atoms with van der Waals surface area (Å²) in [5.74, 6) is 1.31. The van der Waals surface area contributed by atoms with Gasteiger partial charge in [-0.1, -0.05) is 44.2 Å². The highest BCUT2D eigenvalue weighted by atomic mass is 16.5. The number of nitrogens with zero attached hydrogens (tertiary/aromatic N) is 1. The van der Waals surface area contributed by atoms with Crippen molar-refractivity contribution in [1.82, 2.24) is 0 Å². The summed E-state index contributed by atoms with van der Waals surface area (Å²) in [6.07, 6.45) is -0.298. The monoisotopic (exact) mass is 400 g/mol. The van der Waals surface area contributed by atoms with Gasteiger partial charge in [0, 0.05) is 11.4 Å². The smallest absolute Gasteiger partial charge is 0.262 e. The van der Waals surface area contributed by atoms with Crippen molar-refractivity contribution in [3.8, 4) is 5.75 Å². The maximum absolute atomic E-state index is 13.5. The molecule has 30 heavy (non-hydrogen) atoms. The zero-order valence-electron chi connectivity index (χ0n) is 18.0. The van der Waals surface area contributed by atoms with Crippen LogP contribution in [0.15, 0.2) is 66.7 Å². The Morgan fingerprint density at radius 2 is 1.70 bits per heavy atom. The van der Waals surface area contributed by atoms with E-state index in [1.807, 2.05) is 59.5 Å². The van der Waals surface area contributed by atoms with Crippen LogP contribution in [0.5, 0.6) is 5.75 Å². The average Bonchev–Trinajstić information content (AvgIpc) is 2.75. The second kappa shape index (κ2) is 8.23. The Bertz CT molecular complexity index is 1060. The van der Waals surface area contributed by atoms with Crippen molar-refractivity contribution in [2.75, 3.05) is 16.8 Å². The number of para-hydroxylation sites is 1. The van der Waals surface area contributed by atoms with E-state index in [0.29, 0.717) is 18.1 Å². The summed E-state index contributed by atoms with van der Waals surface area (Å²) < 4.78 is 5.83. The molecule has 0 saturated carbocycles. The summed E-state index contributed by atoms with van der Waals surface area (Å²) in [6, 6.07) is 21.9. The molecule has 1 unspecified atom stereocenters. The number of aryl methyl sites for hydroxylation is 2. The van der Waals surface area contributed by atoms with Crippen molar-refractivity contribution in [3.05, 3.63) is 89.0 Å². The number of benzene rings is 3. The zero-order chi connectivity index (χ0) is 21.3. The van der Waals surface area contributed by atoms with Gasteiger partial charge < -0.3 is 10.1 Å². The van der Waals surface area contributed by atoms with Crippen LogP contribution in [-0.2, 0) is 0 Å². The van der Waals surface area contributed by atoms with Gasteiger partial charge in [-0.2, -0.15) is 0 Å². The van der Waals surface area contributed by atoms with Gasteiger partial charge >= 0.3 is 0 Å². The first-order valence-corrected chi connectivity index (χ1v) is 10.4. The van der Waals surface area contributed by atoms with Crippen molar-refractivity contribution in [3.63, 3.8) is 0 Å². The van der Waals surface area contributed by atoms with Crippen molar-refractivity contribution in [2.24, 2.45) is 5.92 Å². The number of anilines is 2. The fourth-order valence-electron chi connectivity index (χ4n) is 3.64. The molecule has 0 radical (unpaired) electrons. The summed E-state index contributed by atoms with van der Waals surface area (Å²) >= 11 is 0. The van der Waals surface area contributed by atoms with Crippen LogP contribution < -0.4 is 15.0 Å². The maximum atomic E-state index is 13.5. The van der Waals surface area contributed by atoms with Gasteiger partial charge in [0.15, 0.2) is 0 Å². The van der Waals surface area contributed by atoms with Gasteiger partial charge in [-0.05, 0) is 72.9 Å². The predicted octanol–water partition coefficient (Wildman–Crippen LogP) is 6.11. The first-order valence-electron chi connectivity index (χ1n) is 10.4. The molecule has 0 saturated heterocycles. The second-order valence-corrected chi connectivity index (χ2v) is 8.31. The topological polar surface area (TPSA) is 41.6 Å². The van der Waals surface area contributed by atoms with Crippen molar-refractivity contribution >= 4 is 17.3 Å². The normalized spacial score (nSPS) is 15.7. The minimum Gasteiger partial charge on any atom is -0.493 e. The Kier molecular flexibility index (Phi) is 5.49. The molecule has 1 aliphatic heterocycles. The van der Waals surface area contributed by atoms with E-state index in [2.05, 4.69) is 45.1 Å². The van der Waals surface area contributed by atoms with Crippen LogP contribution in [0.3, 0.4) is 0 Å². The number of nitrogens with one attached hydrogen (secondary N) is 1. The Morgan fingerprint density at radius 3 is 2.40 bits per heavy atom. The highest BCUT2D eigenvalue weighted by molar-refractivity contribution is 6.12. The van der Waals surface area contributed by atoms with E-state index in [1.54, 1.807) is 0 Å². The highest BCUT2D eigenvalue weighted by Crippen LogP contribution is 2.37. The standard InChI is InChI=1S/C26H28N2O2/c1-17(2)16-30-22-13-10-20(11-14-22)25-27-24-8-6-5-7-23(24)26(29)28(25)21-12-9-18(3)19(4)15-21/h5-15,17,25,27H,16H2,1-4H3. The summed E-state index contributed by atoms with van der Waals surface area (Å²) in [5.41, 5.74) is 5.80. The number of ether oxygens (including phenoxy) is 1. The number of carbonyl (C=O) groups excluding carboxylic acids is 1. The van der Waals surface area contributed by atoms with Crippen molar-refractivity contribution in [1.29, 1.82) is 0 Å². The molecule has 1 atom stereocenters.